The predicted molar refractivity (Wildman–Crippen MR) is 126 cm³/mol. The van der Waals surface area contributed by atoms with E-state index in [2.05, 4.69) is 17.3 Å². The molecular formula is C27H28N2O3. The lowest BCUT2D eigenvalue weighted by molar-refractivity contribution is 0.0662. The van der Waals surface area contributed by atoms with E-state index in [0.29, 0.717) is 23.4 Å². The molecule has 5 nitrogen and oxygen atoms in total. The zero-order chi connectivity index (χ0) is 21.9. The molecule has 5 heteroatoms. The van der Waals surface area contributed by atoms with Crippen LogP contribution in [0.4, 0.5) is 5.69 Å². The first-order valence-corrected chi connectivity index (χ1v) is 11.3. The van der Waals surface area contributed by atoms with Crippen molar-refractivity contribution in [3.05, 3.63) is 84.4 Å². The number of fused-ring (bicyclic) bond motifs is 2. The van der Waals surface area contributed by atoms with Crippen molar-refractivity contribution < 1.29 is 14.3 Å². The Hall–Kier alpha value is -3.31. The maximum absolute atomic E-state index is 12.7. The minimum absolute atomic E-state index is 0.177. The van der Waals surface area contributed by atoms with Crippen molar-refractivity contribution in [1.82, 2.24) is 4.90 Å². The molecule has 2 saturated heterocycles. The number of hydrogen-bond donors (Lipinski definition) is 1. The third-order valence-electron chi connectivity index (χ3n) is 6.55. The molecular weight excluding hydrogens is 400 g/mol. The number of hydrogen-bond acceptors (Lipinski definition) is 4. The van der Waals surface area contributed by atoms with Crippen LogP contribution < -0.4 is 14.8 Å². The quantitative estimate of drug-likeness (QED) is 0.544. The summed E-state index contributed by atoms with van der Waals surface area (Å²) >= 11 is 0. The van der Waals surface area contributed by atoms with Gasteiger partial charge in [0.05, 0.1) is 0 Å². The molecule has 1 N–H and O–H groups in total. The molecule has 2 aliphatic rings. The Bertz CT molecular complexity index is 1050. The van der Waals surface area contributed by atoms with Crippen LogP contribution in [0.25, 0.3) is 0 Å². The van der Waals surface area contributed by atoms with Crippen molar-refractivity contribution in [2.24, 2.45) is 0 Å². The highest BCUT2D eigenvalue weighted by Gasteiger charge is 2.39. The SMILES string of the molecule is CN1[C@@H]2CC[C@H]1C[C@@H](Oc1ccc(NC(=O)c3cccc(Oc4ccccc4)c3)cc1)C2. The topological polar surface area (TPSA) is 50.8 Å². The van der Waals surface area contributed by atoms with Crippen molar-refractivity contribution in [1.29, 1.82) is 0 Å². The molecule has 2 fully saturated rings. The summed E-state index contributed by atoms with van der Waals surface area (Å²) in [5.74, 6) is 2.04. The Labute approximate surface area is 189 Å². The summed E-state index contributed by atoms with van der Waals surface area (Å²) in [6.07, 6.45) is 5.02. The minimum Gasteiger partial charge on any atom is -0.490 e. The van der Waals surface area contributed by atoms with E-state index in [1.807, 2.05) is 66.7 Å². The van der Waals surface area contributed by atoms with E-state index in [0.717, 1.165) is 30.0 Å². The number of piperidine rings is 1. The largest absolute Gasteiger partial charge is 0.490 e. The van der Waals surface area contributed by atoms with Gasteiger partial charge in [-0.15, -0.1) is 0 Å². The summed E-state index contributed by atoms with van der Waals surface area (Å²) in [5, 5.41) is 2.95. The average Bonchev–Trinajstić information content (AvgIpc) is 3.02. The van der Waals surface area contributed by atoms with Gasteiger partial charge in [0.25, 0.3) is 5.91 Å². The van der Waals surface area contributed by atoms with Gasteiger partial charge >= 0.3 is 0 Å². The maximum atomic E-state index is 12.7. The fraction of sp³-hybridized carbons (Fsp3) is 0.296. The van der Waals surface area contributed by atoms with E-state index in [-0.39, 0.29) is 12.0 Å². The number of nitrogens with zero attached hydrogens (tertiary/aromatic N) is 1. The van der Waals surface area contributed by atoms with Crippen molar-refractivity contribution in [2.75, 3.05) is 12.4 Å². The number of carbonyl (C=O) groups excluding carboxylic acids is 1. The van der Waals surface area contributed by atoms with E-state index in [9.17, 15) is 4.79 Å². The fourth-order valence-electron chi connectivity index (χ4n) is 4.80. The number of carbonyl (C=O) groups is 1. The lowest BCUT2D eigenvalue weighted by atomic mass is 10.0. The van der Waals surface area contributed by atoms with Gasteiger partial charge < -0.3 is 19.7 Å². The van der Waals surface area contributed by atoms with Crippen LogP contribution >= 0.6 is 0 Å². The van der Waals surface area contributed by atoms with Gasteiger partial charge in [-0.3, -0.25) is 4.79 Å². The van der Waals surface area contributed by atoms with Gasteiger partial charge in [-0.1, -0.05) is 24.3 Å². The van der Waals surface area contributed by atoms with E-state index >= 15 is 0 Å². The molecule has 5 rings (SSSR count). The van der Waals surface area contributed by atoms with Crippen LogP contribution in [0.3, 0.4) is 0 Å². The number of nitrogens with one attached hydrogen (secondary N) is 1. The first-order valence-electron chi connectivity index (χ1n) is 11.3. The second-order valence-electron chi connectivity index (χ2n) is 8.68. The van der Waals surface area contributed by atoms with Crippen LogP contribution in [0.2, 0.25) is 0 Å². The molecule has 1 amide bonds. The van der Waals surface area contributed by atoms with E-state index in [1.54, 1.807) is 12.1 Å². The normalized spacial score (nSPS) is 22.3. The van der Waals surface area contributed by atoms with Crippen LogP contribution in [0.5, 0.6) is 17.2 Å². The van der Waals surface area contributed by atoms with Crippen molar-refractivity contribution >= 4 is 11.6 Å². The number of rotatable bonds is 6. The van der Waals surface area contributed by atoms with Crippen LogP contribution in [0, 0.1) is 0 Å². The average molecular weight is 429 g/mol. The van der Waals surface area contributed by atoms with Gasteiger partial charge in [0.15, 0.2) is 0 Å². The number of benzene rings is 3. The molecule has 2 aliphatic heterocycles. The molecule has 0 saturated carbocycles. The molecule has 0 aromatic heterocycles. The summed E-state index contributed by atoms with van der Waals surface area (Å²) in [6.45, 7) is 0. The van der Waals surface area contributed by atoms with Gasteiger partial charge in [-0.05, 0) is 87.3 Å². The van der Waals surface area contributed by atoms with Crippen LogP contribution in [-0.2, 0) is 0 Å². The van der Waals surface area contributed by atoms with Crippen LogP contribution in [0.15, 0.2) is 78.9 Å². The smallest absolute Gasteiger partial charge is 0.255 e. The fourth-order valence-corrected chi connectivity index (χ4v) is 4.80. The molecule has 2 bridgehead atoms. The Kier molecular flexibility index (Phi) is 5.82. The first-order chi connectivity index (χ1) is 15.6. The summed E-state index contributed by atoms with van der Waals surface area (Å²) in [7, 11) is 2.24. The first kappa shape index (κ1) is 20.6. The lowest BCUT2D eigenvalue weighted by Crippen LogP contribution is -2.43. The van der Waals surface area contributed by atoms with E-state index < -0.39 is 0 Å². The zero-order valence-electron chi connectivity index (χ0n) is 18.2. The molecule has 164 valence electrons. The molecule has 0 radical (unpaired) electrons. The highest BCUT2D eigenvalue weighted by molar-refractivity contribution is 6.04. The number of para-hydroxylation sites is 1. The molecule has 3 aromatic rings. The molecule has 3 aromatic carbocycles. The van der Waals surface area contributed by atoms with E-state index in [1.165, 1.54) is 12.8 Å². The second-order valence-corrected chi connectivity index (χ2v) is 8.68. The molecule has 32 heavy (non-hydrogen) atoms. The molecule has 3 atom stereocenters. The summed E-state index contributed by atoms with van der Waals surface area (Å²) < 4.78 is 12.1. The lowest BCUT2D eigenvalue weighted by Gasteiger charge is -2.36. The third kappa shape index (κ3) is 4.63. The monoisotopic (exact) mass is 428 g/mol. The predicted octanol–water partition coefficient (Wildman–Crippen LogP) is 5.74. The standard InChI is InChI=1S/C27H28N2O3/c1-29-21-12-13-22(29)18-26(17-21)32-24-14-10-20(11-15-24)28-27(30)19-6-5-9-25(16-19)31-23-7-3-2-4-8-23/h2-11,14-16,21-22,26H,12-13,17-18H2,1H3,(H,28,30)/t21-,22+,26+. The maximum Gasteiger partial charge on any atom is 0.255 e. The van der Waals surface area contributed by atoms with Crippen molar-refractivity contribution in [3.8, 4) is 17.2 Å². The Morgan fingerprint density at radius 3 is 2.25 bits per heavy atom. The Balaban J connectivity index is 1.18. The zero-order valence-corrected chi connectivity index (χ0v) is 18.2. The molecule has 0 aliphatic carbocycles. The van der Waals surface area contributed by atoms with Crippen LogP contribution in [-0.4, -0.2) is 36.0 Å². The highest BCUT2D eigenvalue weighted by Crippen LogP contribution is 2.36. The Morgan fingerprint density at radius 2 is 1.53 bits per heavy atom. The number of ether oxygens (including phenoxy) is 2. The Morgan fingerprint density at radius 1 is 0.844 bits per heavy atom. The number of amides is 1. The van der Waals surface area contributed by atoms with E-state index in [4.69, 9.17) is 9.47 Å². The van der Waals surface area contributed by atoms with Crippen molar-refractivity contribution in [2.45, 2.75) is 43.9 Å². The third-order valence-corrected chi connectivity index (χ3v) is 6.55. The van der Waals surface area contributed by atoms with Gasteiger partial charge in [0.1, 0.15) is 23.4 Å². The van der Waals surface area contributed by atoms with Crippen molar-refractivity contribution in [3.63, 3.8) is 0 Å². The molecule has 0 spiro atoms. The molecule has 0 unspecified atom stereocenters. The summed E-state index contributed by atoms with van der Waals surface area (Å²) in [4.78, 5) is 15.2. The number of anilines is 1. The molecule has 2 heterocycles. The van der Waals surface area contributed by atoms with Gasteiger partial charge in [-0.2, -0.15) is 0 Å². The second kappa shape index (κ2) is 9.05. The van der Waals surface area contributed by atoms with Gasteiger partial charge in [0, 0.05) is 23.3 Å². The van der Waals surface area contributed by atoms with Crippen LogP contribution in [0.1, 0.15) is 36.0 Å². The minimum atomic E-state index is -0.177. The van der Waals surface area contributed by atoms with Gasteiger partial charge in [0.2, 0.25) is 0 Å². The highest BCUT2D eigenvalue weighted by atomic mass is 16.5. The summed E-state index contributed by atoms with van der Waals surface area (Å²) in [5.41, 5.74) is 1.28. The van der Waals surface area contributed by atoms with Gasteiger partial charge in [-0.25, -0.2) is 0 Å². The summed E-state index contributed by atoms with van der Waals surface area (Å²) in [6, 6.07) is 25.7.